The Morgan fingerprint density at radius 2 is 1.81 bits per heavy atom. The van der Waals surface area contributed by atoms with E-state index in [0.717, 1.165) is 42.5 Å². The van der Waals surface area contributed by atoms with Crippen molar-refractivity contribution in [3.63, 3.8) is 0 Å². The van der Waals surface area contributed by atoms with Crippen molar-refractivity contribution in [1.29, 1.82) is 0 Å². The molecule has 0 saturated heterocycles. The van der Waals surface area contributed by atoms with Crippen LogP contribution >= 0.6 is 24.0 Å². The van der Waals surface area contributed by atoms with Crippen LogP contribution < -0.4 is 10.6 Å². The lowest BCUT2D eigenvalue weighted by molar-refractivity contribution is 0.178. The molecule has 0 aliphatic rings. The number of benzene rings is 1. The molecule has 0 bridgehead atoms. The molecule has 0 fully saturated rings. The number of rotatable bonds is 8. The van der Waals surface area contributed by atoms with Crippen molar-refractivity contribution < 1.29 is 0 Å². The van der Waals surface area contributed by atoms with E-state index in [-0.39, 0.29) is 24.0 Å². The Bertz CT molecular complexity index is 714. The van der Waals surface area contributed by atoms with E-state index in [1.807, 2.05) is 25.2 Å². The predicted molar refractivity (Wildman–Crippen MR) is 126 cm³/mol. The van der Waals surface area contributed by atoms with Gasteiger partial charge in [0.05, 0.1) is 11.0 Å². The maximum Gasteiger partial charge on any atom is 0.191 e. The van der Waals surface area contributed by atoms with Gasteiger partial charge < -0.3 is 15.2 Å². The minimum atomic E-state index is 0. The molecule has 1 heterocycles. The summed E-state index contributed by atoms with van der Waals surface area (Å²) in [4.78, 5) is 11.9. The molecule has 2 aromatic rings. The number of hydrogen-bond acceptors (Lipinski definition) is 3. The summed E-state index contributed by atoms with van der Waals surface area (Å²) < 4.78 is 2.11. The maximum atomic E-state index is 4.72. The first-order valence-electron chi connectivity index (χ1n) is 9.62. The number of nitrogens with zero attached hydrogens (tertiary/aromatic N) is 4. The van der Waals surface area contributed by atoms with Gasteiger partial charge in [0.1, 0.15) is 12.4 Å². The Kier molecular flexibility index (Phi) is 10.1. The molecule has 6 nitrogen and oxygen atoms in total. The van der Waals surface area contributed by atoms with Crippen LogP contribution in [0.25, 0.3) is 11.0 Å². The molecule has 27 heavy (non-hydrogen) atoms. The first-order valence-corrected chi connectivity index (χ1v) is 9.62. The zero-order valence-electron chi connectivity index (χ0n) is 17.5. The predicted octanol–water partition coefficient (Wildman–Crippen LogP) is 3.37. The second-order valence-electron chi connectivity index (χ2n) is 7.12. The van der Waals surface area contributed by atoms with E-state index < -0.39 is 0 Å². The van der Waals surface area contributed by atoms with Crippen LogP contribution in [0.5, 0.6) is 0 Å². The molecule has 2 rings (SSSR count). The molecule has 7 heteroatoms. The average Bonchev–Trinajstić information content (AvgIpc) is 2.92. The largest absolute Gasteiger partial charge is 0.357 e. The van der Waals surface area contributed by atoms with Gasteiger partial charge in [0.25, 0.3) is 0 Å². The number of hydrogen-bond donors (Lipinski definition) is 2. The lowest BCUT2D eigenvalue weighted by atomic mass is 10.2. The third-order valence-corrected chi connectivity index (χ3v) is 4.59. The van der Waals surface area contributed by atoms with Crippen molar-refractivity contribution in [3.05, 3.63) is 30.1 Å². The summed E-state index contributed by atoms with van der Waals surface area (Å²) in [6.07, 6.45) is 0. The second-order valence-corrected chi connectivity index (χ2v) is 7.12. The van der Waals surface area contributed by atoms with Gasteiger partial charge in [-0.3, -0.25) is 4.90 Å². The third-order valence-electron chi connectivity index (χ3n) is 4.59. The fraction of sp³-hybridized carbons (Fsp3) is 0.600. The van der Waals surface area contributed by atoms with Crippen LogP contribution in [0.1, 0.15) is 40.4 Å². The van der Waals surface area contributed by atoms with Gasteiger partial charge in [0, 0.05) is 38.8 Å². The van der Waals surface area contributed by atoms with Crippen LogP contribution in [-0.4, -0.2) is 52.1 Å². The molecule has 0 radical (unpaired) electrons. The van der Waals surface area contributed by atoms with Gasteiger partial charge in [0.15, 0.2) is 5.96 Å². The zero-order chi connectivity index (χ0) is 19.1. The van der Waals surface area contributed by atoms with E-state index in [1.165, 1.54) is 0 Å². The molecule has 0 aliphatic carbocycles. The molecular formula is C20H35IN6. The number of imidazole rings is 1. The minimum absolute atomic E-state index is 0. The van der Waals surface area contributed by atoms with Crippen molar-refractivity contribution >= 4 is 41.0 Å². The molecule has 1 aromatic carbocycles. The van der Waals surface area contributed by atoms with Crippen LogP contribution in [0.4, 0.5) is 0 Å². The standard InChI is InChI=1S/C20H34N6.HI/c1-7-21-20(22-12-13-26(15(2)3)16(4)5)23-14-19-24-17-10-8-9-11-18(17)25(19)6;/h8-11,15-16H,7,12-14H2,1-6H3,(H2,21,22,23);1H. The van der Waals surface area contributed by atoms with Crippen molar-refractivity contribution in [3.8, 4) is 0 Å². The Morgan fingerprint density at radius 3 is 2.41 bits per heavy atom. The minimum Gasteiger partial charge on any atom is -0.357 e. The number of halogens is 1. The zero-order valence-corrected chi connectivity index (χ0v) is 19.8. The fourth-order valence-electron chi connectivity index (χ4n) is 3.24. The molecule has 0 aliphatic heterocycles. The van der Waals surface area contributed by atoms with Crippen molar-refractivity contribution in [2.75, 3.05) is 19.6 Å². The van der Waals surface area contributed by atoms with E-state index >= 15 is 0 Å². The highest BCUT2D eigenvalue weighted by atomic mass is 127. The van der Waals surface area contributed by atoms with Crippen LogP contribution in [0.2, 0.25) is 0 Å². The summed E-state index contributed by atoms with van der Waals surface area (Å²) in [5.41, 5.74) is 2.16. The van der Waals surface area contributed by atoms with Gasteiger partial charge in [-0.15, -0.1) is 24.0 Å². The van der Waals surface area contributed by atoms with E-state index in [9.17, 15) is 0 Å². The highest BCUT2D eigenvalue weighted by Gasteiger charge is 2.13. The number of guanidine groups is 1. The van der Waals surface area contributed by atoms with E-state index in [1.54, 1.807) is 0 Å². The molecule has 0 amide bonds. The fourth-order valence-corrected chi connectivity index (χ4v) is 3.24. The number of fused-ring (bicyclic) bond motifs is 1. The number of aryl methyl sites for hydroxylation is 1. The first-order chi connectivity index (χ1) is 12.4. The Hall–Kier alpha value is -1.35. The smallest absolute Gasteiger partial charge is 0.191 e. The summed E-state index contributed by atoms with van der Waals surface area (Å²) in [7, 11) is 2.05. The topological polar surface area (TPSA) is 57.5 Å². The summed E-state index contributed by atoms with van der Waals surface area (Å²) >= 11 is 0. The van der Waals surface area contributed by atoms with Crippen molar-refractivity contribution in [2.24, 2.45) is 12.0 Å². The Balaban J connectivity index is 0.00000364. The molecule has 2 N–H and O–H groups in total. The van der Waals surface area contributed by atoms with E-state index in [4.69, 9.17) is 9.98 Å². The lowest BCUT2D eigenvalue weighted by Gasteiger charge is -2.30. The third kappa shape index (κ3) is 6.64. The second kappa shape index (κ2) is 11.5. The quantitative estimate of drug-likeness (QED) is 0.342. The first kappa shape index (κ1) is 23.7. The lowest BCUT2D eigenvalue weighted by Crippen LogP contribution is -2.45. The molecule has 0 spiro atoms. The van der Waals surface area contributed by atoms with E-state index in [2.05, 4.69) is 60.8 Å². The molecule has 0 atom stereocenters. The molecule has 0 unspecified atom stereocenters. The van der Waals surface area contributed by atoms with Crippen LogP contribution in [0.3, 0.4) is 0 Å². The summed E-state index contributed by atoms with van der Waals surface area (Å²) in [6, 6.07) is 9.26. The van der Waals surface area contributed by atoms with Gasteiger partial charge in [0.2, 0.25) is 0 Å². The number of para-hydroxylation sites is 2. The highest BCUT2D eigenvalue weighted by molar-refractivity contribution is 14.0. The van der Waals surface area contributed by atoms with Gasteiger partial charge in [-0.1, -0.05) is 12.1 Å². The van der Waals surface area contributed by atoms with Crippen LogP contribution in [0.15, 0.2) is 29.3 Å². The molecule has 152 valence electrons. The van der Waals surface area contributed by atoms with Crippen LogP contribution in [0, 0.1) is 0 Å². The van der Waals surface area contributed by atoms with Crippen LogP contribution in [-0.2, 0) is 13.6 Å². The number of aliphatic imine (C=N–C) groups is 1. The Labute approximate surface area is 180 Å². The van der Waals surface area contributed by atoms with Crippen molar-refractivity contribution in [1.82, 2.24) is 25.1 Å². The molecular weight excluding hydrogens is 451 g/mol. The molecule has 0 saturated carbocycles. The van der Waals surface area contributed by atoms with Gasteiger partial charge in [-0.25, -0.2) is 9.98 Å². The number of nitrogens with one attached hydrogen (secondary N) is 2. The summed E-state index contributed by atoms with van der Waals surface area (Å²) in [5.74, 6) is 1.81. The van der Waals surface area contributed by atoms with Gasteiger partial charge >= 0.3 is 0 Å². The monoisotopic (exact) mass is 486 g/mol. The number of aromatic nitrogens is 2. The SMILES string of the molecule is CCNC(=NCc1nc2ccccc2n1C)NCCN(C(C)C)C(C)C.I. The van der Waals surface area contributed by atoms with E-state index in [0.29, 0.717) is 18.6 Å². The summed E-state index contributed by atoms with van der Waals surface area (Å²) in [6.45, 7) is 14.3. The maximum absolute atomic E-state index is 4.72. The highest BCUT2D eigenvalue weighted by Crippen LogP contribution is 2.14. The van der Waals surface area contributed by atoms with Gasteiger partial charge in [-0.2, -0.15) is 0 Å². The van der Waals surface area contributed by atoms with Crippen molar-refractivity contribution in [2.45, 2.75) is 53.2 Å². The van der Waals surface area contributed by atoms with Gasteiger partial charge in [-0.05, 0) is 46.8 Å². The summed E-state index contributed by atoms with van der Waals surface area (Å²) in [5, 5.41) is 6.77. The molecule has 1 aromatic heterocycles. The normalized spacial score (nSPS) is 12.1. The Morgan fingerprint density at radius 1 is 1.15 bits per heavy atom. The average molecular weight is 486 g/mol.